The van der Waals surface area contributed by atoms with Gasteiger partial charge in [0.2, 0.25) is 12.7 Å². The molecule has 26 heavy (non-hydrogen) atoms. The SMILES string of the molecule is CCOc1cc2c(cc1/C=N\NC(=O)Cc1ccc(OC)cc1)OCO2. The molecule has 1 amide bonds. The minimum absolute atomic E-state index is 0.181. The Balaban J connectivity index is 1.63. The van der Waals surface area contributed by atoms with Gasteiger partial charge in [0.1, 0.15) is 11.5 Å². The van der Waals surface area contributed by atoms with E-state index in [9.17, 15) is 4.79 Å². The Morgan fingerprint density at radius 3 is 2.65 bits per heavy atom. The fraction of sp³-hybridized carbons (Fsp3) is 0.263. The third-order valence-corrected chi connectivity index (χ3v) is 3.72. The summed E-state index contributed by atoms with van der Waals surface area (Å²) in [5.41, 5.74) is 4.08. The lowest BCUT2D eigenvalue weighted by Crippen LogP contribution is -2.19. The second-order valence-electron chi connectivity index (χ2n) is 5.49. The normalized spacial score (nSPS) is 12.2. The van der Waals surface area contributed by atoms with Crippen LogP contribution in [0.15, 0.2) is 41.5 Å². The lowest BCUT2D eigenvalue weighted by atomic mass is 10.1. The Morgan fingerprint density at radius 2 is 1.96 bits per heavy atom. The predicted molar refractivity (Wildman–Crippen MR) is 96.2 cm³/mol. The Bertz CT molecular complexity index is 802. The summed E-state index contributed by atoms with van der Waals surface area (Å²) in [5, 5.41) is 4.01. The van der Waals surface area contributed by atoms with Crippen molar-refractivity contribution < 1.29 is 23.7 Å². The van der Waals surface area contributed by atoms with Crippen molar-refractivity contribution in [2.75, 3.05) is 20.5 Å². The van der Waals surface area contributed by atoms with Crippen LogP contribution in [0.3, 0.4) is 0 Å². The quantitative estimate of drug-likeness (QED) is 0.609. The molecule has 1 heterocycles. The van der Waals surface area contributed by atoms with Crippen molar-refractivity contribution in [1.82, 2.24) is 5.43 Å². The van der Waals surface area contributed by atoms with Gasteiger partial charge in [0.15, 0.2) is 11.5 Å². The number of fused-ring (bicyclic) bond motifs is 1. The van der Waals surface area contributed by atoms with Gasteiger partial charge in [-0.25, -0.2) is 5.43 Å². The van der Waals surface area contributed by atoms with Gasteiger partial charge >= 0.3 is 0 Å². The number of nitrogens with zero attached hydrogens (tertiary/aromatic N) is 1. The third kappa shape index (κ3) is 4.24. The van der Waals surface area contributed by atoms with Crippen molar-refractivity contribution in [3.63, 3.8) is 0 Å². The molecule has 0 atom stereocenters. The molecule has 0 saturated carbocycles. The largest absolute Gasteiger partial charge is 0.497 e. The standard InChI is InChI=1S/C19H20N2O5/c1-3-24-16-10-18-17(25-12-26-18)9-14(16)11-20-21-19(22)8-13-4-6-15(23-2)7-5-13/h4-7,9-11H,3,8,12H2,1-2H3,(H,21,22)/b20-11-. The number of hydrazone groups is 1. The van der Waals surface area contributed by atoms with E-state index in [0.29, 0.717) is 29.4 Å². The van der Waals surface area contributed by atoms with E-state index in [4.69, 9.17) is 18.9 Å². The van der Waals surface area contributed by atoms with Gasteiger partial charge in [0, 0.05) is 11.6 Å². The van der Waals surface area contributed by atoms with Crippen LogP contribution in [0.5, 0.6) is 23.0 Å². The molecular formula is C19H20N2O5. The molecule has 0 unspecified atom stereocenters. The maximum atomic E-state index is 12.0. The molecule has 2 aromatic rings. The van der Waals surface area contributed by atoms with Crippen LogP contribution in [0, 0.1) is 0 Å². The maximum absolute atomic E-state index is 12.0. The summed E-state index contributed by atoms with van der Waals surface area (Å²) in [4.78, 5) is 12.0. The van der Waals surface area contributed by atoms with Crippen molar-refractivity contribution in [2.45, 2.75) is 13.3 Å². The summed E-state index contributed by atoms with van der Waals surface area (Å²) in [6, 6.07) is 10.8. The number of hydrogen-bond acceptors (Lipinski definition) is 6. The first kappa shape index (κ1) is 17.6. The average Bonchev–Trinajstić information content (AvgIpc) is 3.10. The number of hydrogen-bond donors (Lipinski definition) is 1. The first-order valence-corrected chi connectivity index (χ1v) is 8.21. The number of benzene rings is 2. The van der Waals surface area contributed by atoms with E-state index in [1.807, 2.05) is 31.2 Å². The minimum Gasteiger partial charge on any atom is -0.497 e. The van der Waals surface area contributed by atoms with Crippen molar-refractivity contribution >= 4 is 12.1 Å². The van der Waals surface area contributed by atoms with Crippen LogP contribution in [-0.4, -0.2) is 32.6 Å². The van der Waals surface area contributed by atoms with Crippen LogP contribution in [0.4, 0.5) is 0 Å². The zero-order valence-corrected chi connectivity index (χ0v) is 14.7. The molecule has 7 nitrogen and oxygen atoms in total. The maximum Gasteiger partial charge on any atom is 0.244 e. The van der Waals surface area contributed by atoms with E-state index in [0.717, 1.165) is 11.3 Å². The molecule has 1 N–H and O–H groups in total. The number of methoxy groups -OCH3 is 1. The Kier molecular flexibility index (Phi) is 5.58. The van der Waals surface area contributed by atoms with Crippen molar-refractivity contribution in [3.8, 4) is 23.0 Å². The van der Waals surface area contributed by atoms with Gasteiger partial charge in [-0.15, -0.1) is 0 Å². The number of ether oxygens (including phenoxy) is 4. The molecule has 0 aliphatic carbocycles. The number of carbonyl (C=O) groups excluding carboxylic acids is 1. The lowest BCUT2D eigenvalue weighted by Gasteiger charge is -2.08. The molecule has 1 aliphatic heterocycles. The highest BCUT2D eigenvalue weighted by molar-refractivity contribution is 5.87. The highest BCUT2D eigenvalue weighted by Gasteiger charge is 2.17. The topological polar surface area (TPSA) is 78.4 Å². The molecule has 7 heteroatoms. The first-order chi connectivity index (χ1) is 12.7. The van der Waals surface area contributed by atoms with Crippen LogP contribution >= 0.6 is 0 Å². The summed E-state index contributed by atoms with van der Waals surface area (Å²) < 4.78 is 21.4. The summed E-state index contributed by atoms with van der Waals surface area (Å²) in [7, 11) is 1.60. The molecule has 0 radical (unpaired) electrons. The second kappa shape index (κ2) is 8.24. The molecule has 3 rings (SSSR count). The van der Waals surface area contributed by atoms with Gasteiger partial charge in [0.25, 0.3) is 0 Å². The van der Waals surface area contributed by atoms with E-state index in [1.165, 1.54) is 6.21 Å². The monoisotopic (exact) mass is 356 g/mol. The predicted octanol–water partition coefficient (Wildman–Crippen LogP) is 2.52. The van der Waals surface area contributed by atoms with Crippen molar-refractivity contribution in [3.05, 3.63) is 47.5 Å². The summed E-state index contributed by atoms with van der Waals surface area (Å²) in [5.74, 6) is 2.40. The van der Waals surface area contributed by atoms with E-state index >= 15 is 0 Å². The highest BCUT2D eigenvalue weighted by atomic mass is 16.7. The zero-order valence-electron chi connectivity index (χ0n) is 14.7. The van der Waals surface area contributed by atoms with Crippen LogP contribution in [0.25, 0.3) is 0 Å². The summed E-state index contributed by atoms with van der Waals surface area (Å²) in [6.45, 7) is 2.58. The lowest BCUT2D eigenvalue weighted by molar-refractivity contribution is -0.120. The highest BCUT2D eigenvalue weighted by Crippen LogP contribution is 2.37. The number of rotatable bonds is 7. The smallest absolute Gasteiger partial charge is 0.244 e. The van der Waals surface area contributed by atoms with Gasteiger partial charge in [-0.3, -0.25) is 4.79 Å². The summed E-state index contributed by atoms with van der Waals surface area (Å²) in [6.07, 6.45) is 1.75. The van der Waals surface area contributed by atoms with Gasteiger partial charge in [0.05, 0.1) is 26.4 Å². The molecule has 0 bridgehead atoms. The average molecular weight is 356 g/mol. The number of carbonyl (C=O) groups is 1. The molecule has 0 fully saturated rings. The Hall–Kier alpha value is -3.22. The van der Waals surface area contributed by atoms with Crippen LogP contribution in [-0.2, 0) is 11.2 Å². The Morgan fingerprint density at radius 1 is 1.23 bits per heavy atom. The van der Waals surface area contributed by atoms with Crippen LogP contribution in [0.1, 0.15) is 18.1 Å². The first-order valence-electron chi connectivity index (χ1n) is 8.21. The van der Waals surface area contributed by atoms with E-state index < -0.39 is 0 Å². The molecule has 0 saturated heterocycles. The van der Waals surface area contributed by atoms with E-state index in [1.54, 1.807) is 19.2 Å². The molecule has 1 aliphatic rings. The fourth-order valence-corrected chi connectivity index (χ4v) is 2.46. The molecule has 2 aromatic carbocycles. The second-order valence-corrected chi connectivity index (χ2v) is 5.49. The Labute approximate surface area is 151 Å². The van der Waals surface area contributed by atoms with Gasteiger partial charge in [-0.2, -0.15) is 5.10 Å². The van der Waals surface area contributed by atoms with E-state index in [-0.39, 0.29) is 19.1 Å². The van der Waals surface area contributed by atoms with E-state index in [2.05, 4.69) is 10.5 Å². The fourth-order valence-electron chi connectivity index (χ4n) is 2.46. The third-order valence-electron chi connectivity index (χ3n) is 3.72. The van der Waals surface area contributed by atoms with Gasteiger partial charge in [-0.05, 0) is 30.7 Å². The van der Waals surface area contributed by atoms with Crippen molar-refractivity contribution in [2.24, 2.45) is 5.10 Å². The van der Waals surface area contributed by atoms with Gasteiger partial charge in [-0.1, -0.05) is 12.1 Å². The van der Waals surface area contributed by atoms with Gasteiger partial charge < -0.3 is 18.9 Å². The molecular weight excluding hydrogens is 336 g/mol. The molecule has 136 valence electrons. The minimum atomic E-state index is -0.217. The number of amides is 1. The molecule has 0 spiro atoms. The zero-order chi connectivity index (χ0) is 18.4. The summed E-state index contributed by atoms with van der Waals surface area (Å²) >= 11 is 0. The molecule has 0 aromatic heterocycles. The number of nitrogens with one attached hydrogen (secondary N) is 1. The van der Waals surface area contributed by atoms with Crippen molar-refractivity contribution in [1.29, 1.82) is 0 Å². The van der Waals surface area contributed by atoms with Crippen LogP contribution in [0.2, 0.25) is 0 Å². The van der Waals surface area contributed by atoms with Crippen LogP contribution < -0.4 is 24.4 Å².